The molecule has 0 saturated carbocycles. The fraction of sp³-hybridized carbons (Fsp3) is 0.500. The maximum Gasteiger partial charge on any atom is 0.246 e. The number of ether oxygens (including phenoxy) is 1. The number of amides is 2. The Balaban J connectivity index is 1.77. The lowest BCUT2D eigenvalue weighted by molar-refractivity contribution is -0.132. The maximum atomic E-state index is 12.7. The van der Waals surface area contributed by atoms with Crippen LogP contribution in [0.5, 0.6) is 0 Å². The largest absolute Gasteiger partial charge is 0.379 e. The van der Waals surface area contributed by atoms with Crippen LogP contribution < -0.4 is 4.90 Å². The normalized spacial score (nSPS) is 21.8. The van der Waals surface area contributed by atoms with Gasteiger partial charge in [-0.1, -0.05) is 18.2 Å². The van der Waals surface area contributed by atoms with Crippen molar-refractivity contribution in [2.24, 2.45) is 0 Å². The minimum absolute atomic E-state index is 0.0213. The number of carbonyl (C=O) groups excluding carboxylic acids is 2. The van der Waals surface area contributed by atoms with Gasteiger partial charge in [0.15, 0.2) is 0 Å². The summed E-state index contributed by atoms with van der Waals surface area (Å²) in [4.78, 5) is 27.9. The molecule has 0 spiro atoms. The molecule has 0 aliphatic carbocycles. The van der Waals surface area contributed by atoms with E-state index < -0.39 is 0 Å². The smallest absolute Gasteiger partial charge is 0.246 e. The molecular weight excluding hydrogens is 268 g/mol. The van der Waals surface area contributed by atoms with E-state index in [-0.39, 0.29) is 24.4 Å². The Morgan fingerprint density at radius 1 is 1.33 bits per heavy atom. The van der Waals surface area contributed by atoms with Gasteiger partial charge >= 0.3 is 0 Å². The Bertz CT molecular complexity index is 512. The van der Waals surface area contributed by atoms with E-state index in [1.165, 1.54) is 0 Å². The summed E-state index contributed by atoms with van der Waals surface area (Å²) in [5.41, 5.74) is 0.879. The topological polar surface area (TPSA) is 49.9 Å². The Hall–Kier alpha value is -1.88. The van der Waals surface area contributed by atoms with Crippen molar-refractivity contribution in [3.63, 3.8) is 0 Å². The average molecular weight is 288 g/mol. The minimum Gasteiger partial charge on any atom is -0.379 e. The van der Waals surface area contributed by atoms with Gasteiger partial charge in [0, 0.05) is 25.3 Å². The van der Waals surface area contributed by atoms with Gasteiger partial charge in [-0.05, 0) is 25.0 Å². The van der Waals surface area contributed by atoms with Crippen LogP contribution in [0, 0.1) is 0 Å². The van der Waals surface area contributed by atoms with E-state index >= 15 is 0 Å². The summed E-state index contributed by atoms with van der Waals surface area (Å²) >= 11 is 0. The molecule has 5 heteroatoms. The molecule has 1 unspecified atom stereocenters. The Kier molecular flexibility index (Phi) is 4.20. The number of hydrogen-bond acceptors (Lipinski definition) is 3. The van der Waals surface area contributed by atoms with Crippen LogP contribution in [-0.4, -0.2) is 49.1 Å². The number of anilines is 1. The first-order chi connectivity index (χ1) is 10.3. The Morgan fingerprint density at radius 3 is 2.76 bits per heavy atom. The molecule has 21 heavy (non-hydrogen) atoms. The predicted molar refractivity (Wildman–Crippen MR) is 79.0 cm³/mol. The lowest BCUT2D eigenvalue weighted by Gasteiger charge is -2.30. The van der Waals surface area contributed by atoms with Gasteiger partial charge < -0.3 is 14.5 Å². The van der Waals surface area contributed by atoms with E-state index in [9.17, 15) is 9.59 Å². The van der Waals surface area contributed by atoms with Gasteiger partial charge in [0.1, 0.15) is 6.54 Å². The van der Waals surface area contributed by atoms with Crippen molar-refractivity contribution >= 4 is 17.5 Å². The molecule has 2 fully saturated rings. The number of nitrogens with zero attached hydrogens (tertiary/aromatic N) is 2. The molecule has 2 saturated heterocycles. The van der Waals surface area contributed by atoms with Crippen molar-refractivity contribution in [1.82, 2.24) is 4.90 Å². The van der Waals surface area contributed by atoms with Crippen LogP contribution in [0.1, 0.15) is 19.3 Å². The SMILES string of the molecule is O=C1CCCN1CC(=O)N(c1ccccc1)C1CCOC1. The first-order valence-corrected chi connectivity index (χ1v) is 7.48. The quantitative estimate of drug-likeness (QED) is 0.842. The van der Waals surface area contributed by atoms with E-state index in [0.717, 1.165) is 18.5 Å². The summed E-state index contributed by atoms with van der Waals surface area (Å²) in [6, 6.07) is 9.71. The monoisotopic (exact) mass is 288 g/mol. The van der Waals surface area contributed by atoms with Crippen LogP contribution in [0.15, 0.2) is 30.3 Å². The second-order valence-electron chi connectivity index (χ2n) is 5.54. The number of carbonyl (C=O) groups is 2. The molecule has 0 radical (unpaired) electrons. The van der Waals surface area contributed by atoms with Crippen LogP contribution in [0.3, 0.4) is 0 Å². The average Bonchev–Trinajstić information content (AvgIpc) is 3.14. The second kappa shape index (κ2) is 6.26. The number of hydrogen-bond donors (Lipinski definition) is 0. The van der Waals surface area contributed by atoms with Crippen molar-refractivity contribution in [3.8, 4) is 0 Å². The number of rotatable bonds is 4. The zero-order chi connectivity index (χ0) is 14.7. The summed E-state index contributed by atoms with van der Waals surface area (Å²) in [6.45, 7) is 2.11. The van der Waals surface area contributed by atoms with E-state index in [2.05, 4.69) is 0 Å². The highest BCUT2D eigenvalue weighted by Gasteiger charge is 2.31. The third-order valence-electron chi connectivity index (χ3n) is 4.07. The van der Waals surface area contributed by atoms with Crippen molar-refractivity contribution in [2.75, 3.05) is 31.2 Å². The highest BCUT2D eigenvalue weighted by atomic mass is 16.5. The molecule has 0 bridgehead atoms. The van der Waals surface area contributed by atoms with E-state index in [1.807, 2.05) is 30.3 Å². The first-order valence-electron chi connectivity index (χ1n) is 7.48. The molecule has 2 aliphatic rings. The zero-order valence-electron chi connectivity index (χ0n) is 12.0. The molecule has 0 aromatic heterocycles. The number of para-hydroxylation sites is 1. The van der Waals surface area contributed by atoms with Gasteiger partial charge in [-0.3, -0.25) is 9.59 Å². The highest BCUT2D eigenvalue weighted by molar-refractivity contribution is 5.97. The van der Waals surface area contributed by atoms with Gasteiger partial charge in [-0.15, -0.1) is 0 Å². The van der Waals surface area contributed by atoms with Crippen LogP contribution in [0.4, 0.5) is 5.69 Å². The maximum absolute atomic E-state index is 12.7. The third kappa shape index (κ3) is 3.08. The molecule has 1 aromatic rings. The lowest BCUT2D eigenvalue weighted by Crippen LogP contribution is -2.46. The van der Waals surface area contributed by atoms with Gasteiger partial charge in [0.25, 0.3) is 0 Å². The predicted octanol–water partition coefficient (Wildman–Crippen LogP) is 1.43. The van der Waals surface area contributed by atoms with E-state index in [0.29, 0.717) is 26.2 Å². The molecular formula is C16H20N2O3. The summed E-state index contributed by atoms with van der Waals surface area (Å²) in [5, 5.41) is 0. The second-order valence-corrected chi connectivity index (χ2v) is 5.54. The molecule has 1 aromatic carbocycles. The molecule has 5 nitrogen and oxygen atoms in total. The van der Waals surface area contributed by atoms with Crippen molar-refractivity contribution in [1.29, 1.82) is 0 Å². The molecule has 0 N–H and O–H groups in total. The lowest BCUT2D eigenvalue weighted by atomic mass is 10.1. The zero-order valence-corrected chi connectivity index (χ0v) is 12.0. The first kappa shape index (κ1) is 14.1. The highest BCUT2D eigenvalue weighted by Crippen LogP contribution is 2.22. The molecule has 112 valence electrons. The van der Waals surface area contributed by atoms with Crippen LogP contribution >= 0.6 is 0 Å². The fourth-order valence-corrected chi connectivity index (χ4v) is 2.98. The minimum atomic E-state index is -0.0213. The molecule has 2 amide bonds. The van der Waals surface area contributed by atoms with Crippen LogP contribution in [-0.2, 0) is 14.3 Å². The Labute approximate surface area is 124 Å². The molecule has 3 rings (SSSR count). The summed E-state index contributed by atoms with van der Waals surface area (Å²) < 4.78 is 5.43. The summed E-state index contributed by atoms with van der Waals surface area (Å²) in [6.07, 6.45) is 2.25. The van der Waals surface area contributed by atoms with Gasteiger partial charge in [-0.2, -0.15) is 0 Å². The number of likely N-dealkylation sites (tertiary alicyclic amines) is 1. The fourth-order valence-electron chi connectivity index (χ4n) is 2.98. The molecule has 2 aliphatic heterocycles. The van der Waals surface area contributed by atoms with Crippen molar-refractivity contribution in [3.05, 3.63) is 30.3 Å². The van der Waals surface area contributed by atoms with Crippen molar-refractivity contribution < 1.29 is 14.3 Å². The van der Waals surface area contributed by atoms with Gasteiger partial charge in [0.05, 0.1) is 12.6 Å². The molecule has 2 heterocycles. The van der Waals surface area contributed by atoms with Crippen LogP contribution in [0.25, 0.3) is 0 Å². The number of benzene rings is 1. The summed E-state index contributed by atoms with van der Waals surface area (Å²) in [5.74, 6) is 0.0611. The summed E-state index contributed by atoms with van der Waals surface area (Å²) in [7, 11) is 0. The van der Waals surface area contributed by atoms with Gasteiger partial charge in [0.2, 0.25) is 11.8 Å². The van der Waals surface area contributed by atoms with Crippen LogP contribution in [0.2, 0.25) is 0 Å². The van der Waals surface area contributed by atoms with Gasteiger partial charge in [-0.25, -0.2) is 0 Å². The third-order valence-corrected chi connectivity index (χ3v) is 4.07. The van der Waals surface area contributed by atoms with E-state index in [1.54, 1.807) is 9.80 Å². The van der Waals surface area contributed by atoms with Crippen molar-refractivity contribution in [2.45, 2.75) is 25.3 Å². The molecule has 1 atom stereocenters. The standard InChI is InChI=1S/C16H20N2O3/c19-15-7-4-9-17(15)11-16(20)18(14-8-10-21-12-14)13-5-2-1-3-6-13/h1-3,5-6,14H,4,7-12H2. The van der Waals surface area contributed by atoms with E-state index in [4.69, 9.17) is 4.74 Å². The Morgan fingerprint density at radius 2 is 2.14 bits per heavy atom.